The van der Waals surface area contributed by atoms with Crippen LogP contribution < -0.4 is 10.1 Å². The molecule has 0 bridgehead atoms. The third-order valence-electron chi connectivity index (χ3n) is 4.75. The van der Waals surface area contributed by atoms with Crippen LogP contribution in [0.25, 0.3) is 21.6 Å². The SMILES string of the molecule is CCOC(=O)c1sc2nc(-c3cccnc3)nc(NCc3cccc(OCCl)c3)c2c1C. The summed E-state index contributed by atoms with van der Waals surface area (Å²) in [6, 6.07) is 11.5. The number of nitrogens with one attached hydrogen (secondary N) is 1. The fourth-order valence-corrected chi connectivity index (χ4v) is 4.48. The second-order valence-corrected chi connectivity index (χ2v) is 8.07. The molecule has 7 nitrogen and oxygen atoms in total. The third-order valence-corrected chi connectivity index (χ3v) is 6.03. The van der Waals surface area contributed by atoms with Crippen molar-refractivity contribution < 1.29 is 14.3 Å². The molecule has 164 valence electrons. The molecule has 0 aliphatic carbocycles. The van der Waals surface area contributed by atoms with Gasteiger partial charge >= 0.3 is 5.97 Å². The van der Waals surface area contributed by atoms with Gasteiger partial charge in [0.2, 0.25) is 0 Å². The Hall–Kier alpha value is -3.23. The summed E-state index contributed by atoms with van der Waals surface area (Å²) in [4.78, 5) is 27.3. The Balaban J connectivity index is 1.76. The number of aryl methyl sites for hydroxylation is 1. The third kappa shape index (κ3) is 4.66. The summed E-state index contributed by atoms with van der Waals surface area (Å²) < 4.78 is 10.6. The quantitative estimate of drug-likeness (QED) is 0.272. The fourth-order valence-electron chi connectivity index (χ4n) is 3.28. The van der Waals surface area contributed by atoms with E-state index in [1.807, 2.05) is 43.3 Å². The molecule has 1 N–H and O–H groups in total. The van der Waals surface area contributed by atoms with E-state index in [2.05, 4.69) is 10.3 Å². The van der Waals surface area contributed by atoms with Gasteiger partial charge in [-0.2, -0.15) is 0 Å². The van der Waals surface area contributed by atoms with Crippen LogP contribution in [0.5, 0.6) is 5.75 Å². The molecule has 3 heterocycles. The monoisotopic (exact) mass is 468 g/mol. The van der Waals surface area contributed by atoms with E-state index in [-0.39, 0.29) is 12.0 Å². The van der Waals surface area contributed by atoms with Gasteiger partial charge in [0.05, 0.1) is 12.0 Å². The number of rotatable bonds is 8. The number of alkyl halides is 1. The lowest BCUT2D eigenvalue weighted by molar-refractivity contribution is 0.0531. The Morgan fingerprint density at radius 3 is 2.84 bits per heavy atom. The van der Waals surface area contributed by atoms with E-state index >= 15 is 0 Å². The zero-order valence-corrected chi connectivity index (χ0v) is 19.2. The molecule has 3 aromatic heterocycles. The molecular formula is C23H21ClN4O3S. The number of hydrogen-bond donors (Lipinski definition) is 1. The molecule has 0 amide bonds. The van der Waals surface area contributed by atoms with Crippen molar-refractivity contribution in [2.75, 3.05) is 18.0 Å². The number of esters is 1. The number of pyridine rings is 1. The maximum Gasteiger partial charge on any atom is 0.348 e. The van der Waals surface area contributed by atoms with Crippen LogP contribution in [0.3, 0.4) is 0 Å². The van der Waals surface area contributed by atoms with E-state index in [9.17, 15) is 4.79 Å². The standard InChI is InChI=1S/C23H21ClN4O3S/c1-3-30-23(29)19-14(2)18-21(26-11-15-6-4-8-17(10-15)31-13-24)27-20(28-22(18)32-19)16-7-5-9-25-12-16/h4-10,12H,3,11,13H2,1-2H3,(H,26,27,28). The minimum Gasteiger partial charge on any atom is -0.478 e. The molecule has 0 atom stereocenters. The molecule has 9 heteroatoms. The van der Waals surface area contributed by atoms with Crippen LogP contribution in [0, 0.1) is 6.92 Å². The van der Waals surface area contributed by atoms with Crippen LogP contribution >= 0.6 is 22.9 Å². The fraction of sp³-hybridized carbons (Fsp3) is 0.217. The maximum absolute atomic E-state index is 12.5. The van der Waals surface area contributed by atoms with Crippen LogP contribution in [-0.4, -0.2) is 33.6 Å². The Bertz CT molecular complexity index is 1250. The number of aromatic nitrogens is 3. The minimum atomic E-state index is -0.354. The molecular weight excluding hydrogens is 448 g/mol. The van der Waals surface area contributed by atoms with Crippen LogP contribution in [0.1, 0.15) is 27.7 Å². The van der Waals surface area contributed by atoms with Gasteiger partial charge in [0, 0.05) is 24.5 Å². The van der Waals surface area contributed by atoms with Crippen molar-refractivity contribution in [1.82, 2.24) is 15.0 Å². The van der Waals surface area contributed by atoms with E-state index < -0.39 is 0 Å². The second kappa shape index (κ2) is 9.93. The summed E-state index contributed by atoms with van der Waals surface area (Å²) in [5.41, 5.74) is 2.59. The normalized spacial score (nSPS) is 10.8. The Kier molecular flexibility index (Phi) is 6.82. The highest BCUT2D eigenvalue weighted by molar-refractivity contribution is 7.20. The highest BCUT2D eigenvalue weighted by atomic mass is 35.5. The van der Waals surface area contributed by atoms with Crippen molar-refractivity contribution in [2.24, 2.45) is 0 Å². The van der Waals surface area contributed by atoms with Crippen molar-refractivity contribution >= 4 is 44.9 Å². The highest BCUT2D eigenvalue weighted by Crippen LogP contribution is 2.36. The molecule has 4 rings (SSSR count). The van der Waals surface area contributed by atoms with Crippen LogP contribution in [0.2, 0.25) is 0 Å². The van der Waals surface area contributed by atoms with E-state index in [1.165, 1.54) is 11.3 Å². The summed E-state index contributed by atoms with van der Waals surface area (Å²) >= 11 is 6.98. The lowest BCUT2D eigenvalue weighted by Gasteiger charge is -2.11. The molecule has 0 aliphatic heterocycles. The van der Waals surface area contributed by atoms with Gasteiger partial charge in [-0.1, -0.05) is 23.7 Å². The van der Waals surface area contributed by atoms with Crippen molar-refractivity contribution in [1.29, 1.82) is 0 Å². The topological polar surface area (TPSA) is 86.2 Å². The zero-order valence-electron chi connectivity index (χ0n) is 17.6. The molecule has 32 heavy (non-hydrogen) atoms. The van der Waals surface area contributed by atoms with Crippen molar-refractivity contribution in [3.8, 4) is 17.1 Å². The number of fused-ring (bicyclic) bond motifs is 1. The van der Waals surface area contributed by atoms with Gasteiger partial charge in [0.15, 0.2) is 11.9 Å². The Labute approximate surface area is 194 Å². The Morgan fingerprint density at radius 2 is 2.09 bits per heavy atom. The number of carbonyl (C=O) groups excluding carboxylic acids is 1. The number of benzene rings is 1. The van der Waals surface area contributed by atoms with Crippen molar-refractivity contribution in [2.45, 2.75) is 20.4 Å². The van der Waals surface area contributed by atoms with Gasteiger partial charge in [0.1, 0.15) is 21.3 Å². The molecule has 0 aliphatic rings. The number of carbonyl (C=O) groups is 1. The second-order valence-electron chi connectivity index (χ2n) is 6.85. The predicted octanol–water partition coefficient (Wildman–Crippen LogP) is 5.43. The molecule has 1 aromatic carbocycles. The summed E-state index contributed by atoms with van der Waals surface area (Å²) in [5.74, 6) is 1.51. The molecule has 0 saturated heterocycles. The largest absolute Gasteiger partial charge is 0.478 e. The van der Waals surface area contributed by atoms with Gasteiger partial charge in [-0.05, 0) is 49.2 Å². The first kappa shape index (κ1) is 22.0. The van der Waals surface area contributed by atoms with Crippen molar-refractivity contribution in [3.63, 3.8) is 0 Å². The summed E-state index contributed by atoms with van der Waals surface area (Å²) in [6.07, 6.45) is 3.41. The molecule has 0 unspecified atom stereocenters. The molecule has 0 fully saturated rings. The number of nitrogens with zero attached hydrogens (tertiary/aromatic N) is 3. The van der Waals surface area contributed by atoms with Crippen LogP contribution in [0.15, 0.2) is 48.8 Å². The molecule has 0 spiro atoms. The molecule has 0 saturated carbocycles. The average Bonchev–Trinajstić information content (AvgIpc) is 3.15. The van der Waals surface area contributed by atoms with E-state index in [0.717, 1.165) is 22.1 Å². The first-order valence-electron chi connectivity index (χ1n) is 10.0. The van der Waals surface area contributed by atoms with Gasteiger partial charge in [-0.25, -0.2) is 14.8 Å². The number of hydrogen-bond acceptors (Lipinski definition) is 8. The van der Waals surface area contributed by atoms with E-state index in [0.29, 0.717) is 40.3 Å². The number of halogens is 1. The summed E-state index contributed by atoms with van der Waals surface area (Å²) in [7, 11) is 0. The van der Waals surface area contributed by atoms with Crippen LogP contribution in [-0.2, 0) is 11.3 Å². The first-order valence-corrected chi connectivity index (χ1v) is 11.4. The number of anilines is 1. The first-order chi connectivity index (χ1) is 15.6. The minimum absolute atomic E-state index is 0.0859. The van der Waals surface area contributed by atoms with Gasteiger partial charge in [0.25, 0.3) is 0 Å². The van der Waals surface area contributed by atoms with Crippen molar-refractivity contribution in [3.05, 3.63) is 64.8 Å². The van der Waals surface area contributed by atoms with Gasteiger partial charge in [-0.3, -0.25) is 4.98 Å². The molecule has 0 radical (unpaired) electrons. The van der Waals surface area contributed by atoms with E-state index in [4.69, 9.17) is 31.0 Å². The lowest BCUT2D eigenvalue weighted by atomic mass is 10.1. The smallest absolute Gasteiger partial charge is 0.348 e. The maximum atomic E-state index is 12.5. The highest BCUT2D eigenvalue weighted by Gasteiger charge is 2.22. The summed E-state index contributed by atoms with van der Waals surface area (Å²) in [5, 5.41) is 4.21. The van der Waals surface area contributed by atoms with Gasteiger partial charge in [-0.15, -0.1) is 11.3 Å². The summed E-state index contributed by atoms with van der Waals surface area (Å²) in [6.45, 7) is 4.49. The average molecular weight is 469 g/mol. The van der Waals surface area contributed by atoms with Gasteiger partial charge < -0.3 is 14.8 Å². The number of thiophene rings is 1. The zero-order chi connectivity index (χ0) is 22.5. The molecule has 4 aromatic rings. The number of ether oxygens (including phenoxy) is 2. The predicted molar refractivity (Wildman–Crippen MR) is 126 cm³/mol. The Morgan fingerprint density at radius 1 is 1.22 bits per heavy atom. The van der Waals surface area contributed by atoms with Crippen LogP contribution in [0.4, 0.5) is 5.82 Å². The lowest BCUT2D eigenvalue weighted by Crippen LogP contribution is -2.05. The van der Waals surface area contributed by atoms with E-state index in [1.54, 1.807) is 19.3 Å².